The Labute approximate surface area is 88.1 Å². The highest BCUT2D eigenvalue weighted by Gasteiger charge is 2.21. The summed E-state index contributed by atoms with van der Waals surface area (Å²) in [4.78, 5) is 2.46. The predicted octanol–water partition coefficient (Wildman–Crippen LogP) is 1.86. The Balaban J connectivity index is 1.68. The van der Waals surface area contributed by atoms with Crippen LogP contribution in [0.2, 0.25) is 0 Å². The first-order chi connectivity index (χ1) is 6.84. The average molecular weight is 196 g/mol. The maximum atomic E-state index is 3.66. The fourth-order valence-corrected chi connectivity index (χ4v) is 2.83. The van der Waals surface area contributed by atoms with Crippen LogP contribution in [0.1, 0.15) is 38.5 Å². The van der Waals surface area contributed by atoms with Crippen LogP contribution in [0.4, 0.5) is 0 Å². The van der Waals surface area contributed by atoms with Gasteiger partial charge in [-0.25, -0.2) is 0 Å². The van der Waals surface area contributed by atoms with Gasteiger partial charge in [0.1, 0.15) is 0 Å². The van der Waals surface area contributed by atoms with Crippen LogP contribution >= 0.6 is 0 Å². The van der Waals surface area contributed by atoms with Crippen molar-refractivity contribution in [3.63, 3.8) is 0 Å². The summed E-state index contributed by atoms with van der Waals surface area (Å²) in [7, 11) is 2.25. The van der Waals surface area contributed by atoms with Crippen LogP contribution in [0, 0.1) is 5.92 Å². The monoisotopic (exact) mass is 196 g/mol. The van der Waals surface area contributed by atoms with E-state index in [9.17, 15) is 0 Å². The molecule has 0 aromatic carbocycles. The third kappa shape index (κ3) is 2.96. The summed E-state index contributed by atoms with van der Waals surface area (Å²) in [5, 5.41) is 3.66. The maximum absolute atomic E-state index is 3.66. The van der Waals surface area contributed by atoms with E-state index < -0.39 is 0 Å². The number of hydrogen-bond acceptors (Lipinski definition) is 2. The Kier molecular flexibility index (Phi) is 3.82. The number of piperidine rings is 2. The number of rotatable bonds is 2. The van der Waals surface area contributed by atoms with E-state index >= 15 is 0 Å². The van der Waals surface area contributed by atoms with E-state index in [-0.39, 0.29) is 0 Å². The van der Waals surface area contributed by atoms with E-state index in [1.54, 1.807) is 0 Å². The predicted molar refractivity (Wildman–Crippen MR) is 60.5 cm³/mol. The zero-order valence-corrected chi connectivity index (χ0v) is 9.47. The molecule has 82 valence electrons. The molecule has 0 amide bonds. The second-order valence-corrected chi connectivity index (χ2v) is 5.13. The standard InChI is InChI=1S/C12H24N2/c1-14-8-5-11(6-9-14)10-12-4-2-3-7-13-12/h11-13H,2-10H2,1H3/t12-/m0/s1. The molecule has 2 fully saturated rings. The highest BCUT2D eigenvalue weighted by molar-refractivity contribution is 4.78. The molecule has 2 heteroatoms. The van der Waals surface area contributed by atoms with Crippen LogP contribution in [0.5, 0.6) is 0 Å². The van der Waals surface area contributed by atoms with Crippen molar-refractivity contribution in [3.05, 3.63) is 0 Å². The minimum atomic E-state index is 0.845. The van der Waals surface area contributed by atoms with Crippen molar-refractivity contribution in [2.75, 3.05) is 26.7 Å². The molecule has 2 heterocycles. The van der Waals surface area contributed by atoms with Crippen molar-refractivity contribution in [2.45, 2.75) is 44.6 Å². The maximum Gasteiger partial charge on any atom is 0.00697 e. The molecule has 0 saturated carbocycles. The lowest BCUT2D eigenvalue weighted by Crippen LogP contribution is -2.38. The molecule has 0 aromatic heterocycles. The first-order valence-corrected chi connectivity index (χ1v) is 6.26. The molecule has 2 rings (SSSR count). The van der Waals surface area contributed by atoms with Crippen LogP contribution in [0.3, 0.4) is 0 Å². The molecular formula is C12H24N2. The summed E-state index contributed by atoms with van der Waals surface area (Å²) in [5.74, 6) is 1.00. The van der Waals surface area contributed by atoms with E-state index in [4.69, 9.17) is 0 Å². The molecule has 2 aliphatic heterocycles. The Morgan fingerprint density at radius 1 is 1.14 bits per heavy atom. The molecule has 1 N–H and O–H groups in total. The van der Waals surface area contributed by atoms with Crippen LogP contribution in [0.15, 0.2) is 0 Å². The van der Waals surface area contributed by atoms with Gasteiger partial charge in [0, 0.05) is 6.04 Å². The van der Waals surface area contributed by atoms with E-state index in [1.165, 1.54) is 58.2 Å². The van der Waals surface area contributed by atoms with Crippen LogP contribution in [0.25, 0.3) is 0 Å². The number of hydrogen-bond donors (Lipinski definition) is 1. The van der Waals surface area contributed by atoms with E-state index in [1.807, 2.05) is 0 Å². The molecule has 0 radical (unpaired) electrons. The van der Waals surface area contributed by atoms with Gasteiger partial charge in [0.25, 0.3) is 0 Å². The number of likely N-dealkylation sites (tertiary alicyclic amines) is 1. The quantitative estimate of drug-likeness (QED) is 0.725. The van der Waals surface area contributed by atoms with Gasteiger partial charge in [0.05, 0.1) is 0 Å². The summed E-state index contributed by atoms with van der Waals surface area (Å²) in [6.45, 7) is 3.89. The van der Waals surface area contributed by atoms with E-state index in [0.29, 0.717) is 0 Å². The summed E-state index contributed by atoms with van der Waals surface area (Å²) in [6, 6.07) is 0.845. The SMILES string of the molecule is CN1CCC(C[C@@H]2CCCCN2)CC1. The zero-order valence-electron chi connectivity index (χ0n) is 9.47. The van der Waals surface area contributed by atoms with Gasteiger partial charge in [-0.1, -0.05) is 6.42 Å². The van der Waals surface area contributed by atoms with Gasteiger partial charge in [0.2, 0.25) is 0 Å². The van der Waals surface area contributed by atoms with Crippen molar-refractivity contribution >= 4 is 0 Å². The minimum absolute atomic E-state index is 0.845. The van der Waals surface area contributed by atoms with Crippen LogP contribution in [-0.2, 0) is 0 Å². The summed E-state index contributed by atoms with van der Waals surface area (Å²) in [5.41, 5.74) is 0. The second-order valence-electron chi connectivity index (χ2n) is 5.13. The Morgan fingerprint density at radius 2 is 1.93 bits per heavy atom. The van der Waals surface area contributed by atoms with Gasteiger partial charge in [-0.05, 0) is 64.7 Å². The molecule has 0 spiro atoms. The number of nitrogens with zero attached hydrogens (tertiary/aromatic N) is 1. The summed E-state index contributed by atoms with van der Waals surface area (Å²) >= 11 is 0. The molecule has 0 aliphatic carbocycles. The van der Waals surface area contributed by atoms with Gasteiger partial charge in [-0.15, -0.1) is 0 Å². The number of nitrogens with one attached hydrogen (secondary N) is 1. The Hall–Kier alpha value is -0.0800. The smallest absolute Gasteiger partial charge is 0.00697 e. The van der Waals surface area contributed by atoms with Gasteiger partial charge < -0.3 is 10.2 Å². The zero-order chi connectivity index (χ0) is 9.80. The second kappa shape index (κ2) is 5.13. The Bertz CT molecular complexity index is 156. The molecule has 0 unspecified atom stereocenters. The molecule has 2 aliphatic rings. The fraction of sp³-hybridized carbons (Fsp3) is 1.00. The average Bonchev–Trinajstić information content (AvgIpc) is 2.23. The van der Waals surface area contributed by atoms with E-state index in [0.717, 1.165) is 12.0 Å². The van der Waals surface area contributed by atoms with Crippen molar-refractivity contribution in [2.24, 2.45) is 5.92 Å². The molecular weight excluding hydrogens is 172 g/mol. The lowest BCUT2D eigenvalue weighted by atomic mass is 9.87. The van der Waals surface area contributed by atoms with Crippen molar-refractivity contribution < 1.29 is 0 Å². The van der Waals surface area contributed by atoms with Crippen molar-refractivity contribution in [1.29, 1.82) is 0 Å². The van der Waals surface area contributed by atoms with Crippen molar-refractivity contribution in [3.8, 4) is 0 Å². The first-order valence-electron chi connectivity index (χ1n) is 6.26. The highest BCUT2D eigenvalue weighted by Crippen LogP contribution is 2.23. The Morgan fingerprint density at radius 3 is 2.57 bits per heavy atom. The third-order valence-corrected chi connectivity index (χ3v) is 3.87. The van der Waals surface area contributed by atoms with Gasteiger partial charge in [0.15, 0.2) is 0 Å². The van der Waals surface area contributed by atoms with Gasteiger partial charge >= 0.3 is 0 Å². The first kappa shape index (κ1) is 10.4. The molecule has 0 bridgehead atoms. The molecule has 0 aromatic rings. The third-order valence-electron chi connectivity index (χ3n) is 3.87. The van der Waals surface area contributed by atoms with Crippen LogP contribution < -0.4 is 5.32 Å². The molecule has 2 nitrogen and oxygen atoms in total. The van der Waals surface area contributed by atoms with Crippen LogP contribution in [-0.4, -0.2) is 37.6 Å². The largest absolute Gasteiger partial charge is 0.314 e. The lowest BCUT2D eigenvalue weighted by molar-refractivity contribution is 0.193. The molecule has 1 atom stereocenters. The lowest BCUT2D eigenvalue weighted by Gasteiger charge is -2.33. The fourth-order valence-electron chi connectivity index (χ4n) is 2.83. The van der Waals surface area contributed by atoms with E-state index in [2.05, 4.69) is 17.3 Å². The molecule has 2 saturated heterocycles. The highest BCUT2D eigenvalue weighted by atomic mass is 15.1. The van der Waals surface area contributed by atoms with Crippen molar-refractivity contribution in [1.82, 2.24) is 10.2 Å². The summed E-state index contributed by atoms with van der Waals surface area (Å²) in [6.07, 6.45) is 8.55. The van der Waals surface area contributed by atoms with Gasteiger partial charge in [-0.2, -0.15) is 0 Å². The van der Waals surface area contributed by atoms with Gasteiger partial charge in [-0.3, -0.25) is 0 Å². The topological polar surface area (TPSA) is 15.3 Å². The minimum Gasteiger partial charge on any atom is -0.314 e. The summed E-state index contributed by atoms with van der Waals surface area (Å²) < 4.78 is 0. The molecule has 14 heavy (non-hydrogen) atoms. The normalized spacial score (nSPS) is 31.9.